The number of benzene rings is 1. The van der Waals surface area contributed by atoms with Crippen molar-refractivity contribution in [3.63, 3.8) is 0 Å². The number of nitrogens with one attached hydrogen (secondary N) is 1. The van der Waals surface area contributed by atoms with Gasteiger partial charge in [0.05, 0.1) is 12.6 Å². The van der Waals surface area contributed by atoms with Crippen molar-refractivity contribution < 1.29 is 4.79 Å². The van der Waals surface area contributed by atoms with Crippen LogP contribution in [0.15, 0.2) is 42.7 Å². The summed E-state index contributed by atoms with van der Waals surface area (Å²) in [7, 11) is 1.86. The van der Waals surface area contributed by atoms with Crippen LogP contribution >= 0.6 is 0 Å². The van der Waals surface area contributed by atoms with Crippen LogP contribution in [0.1, 0.15) is 30.9 Å². The minimum absolute atomic E-state index is 0.0282. The predicted molar refractivity (Wildman–Crippen MR) is 94.4 cm³/mol. The second-order valence-corrected chi connectivity index (χ2v) is 6.98. The normalized spacial score (nSPS) is 21.1. The highest BCUT2D eigenvalue weighted by molar-refractivity contribution is 5.78. The molecule has 2 heterocycles. The van der Waals surface area contributed by atoms with Gasteiger partial charge in [0.2, 0.25) is 5.91 Å². The average molecular weight is 326 g/mol. The van der Waals surface area contributed by atoms with Gasteiger partial charge in [0.25, 0.3) is 0 Å². The van der Waals surface area contributed by atoms with Crippen LogP contribution in [0.25, 0.3) is 0 Å². The fourth-order valence-corrected chi connectivity index (χ4v) is 3.45. The Kier molecular flexibility index (Phi) is 5.00. The number of hydrogen-bond acceptors (Lipinski definition) is 3. The Morgan fingerprint density at radius 1 is 1.29 bits per heavy atom. The topological polar surface area (TPSA) is 50.2 Å². The van der Waals surface area contributed by atoms with Crippen molar-refractivity contribution in [2.24, 2.45) is 7.05 Å². The van der Waals surface area contributed by atoms with Gasteiger partial charge in [-0.05, 0) is 37.4 Å². The molecule has 2 aromatic rings. The largest absolute Gasteiger partial charge is 0.354 e. The van der Waals surface area contributed by atoms with E-state index in [1.54, 1.807) is 10.9 Å². The zero-order valence-corrected chi connectivity index (χ0v) is 14.5. The van der Waals surface area contributed by atoms with E-state index in [0.29, 0.717) is 13.0 Å². The van der Waals surface area contributed by atoms with E-state index in [1.165, 1.54) is 12.0 Å². The molecule has 0 unspecified atom stereocenters. The standard InChI is InChI=1S/C19H26N4O/c1-19(15-20-18(24)11-17-12-21-22(2)13-17)9-6-10-23(19)14-16-7-4-3-5-8-16/h3-5,7-8,12-13H,6,9-11,14-15H2,1-2H3,(H,20,24)/t19-/m1/s1. The molecule has 1 atom stereocenters. The van der Waals surface area contributed by atoms with E-state index >= 15 is 0 Å². The Morgan fingerprint density at radius 2 is 2.08 bits per heavy atom. The van der Waals surface area contributed by atoms with Gasteiger partial charge in [0.15, 0.2) is 0 Å². The summed E-state index contributed by atoms with van der Waals surface area (Å²) >= 11 is 0. The molecule has 1 aliphatic rings. The van der Waals surface area contributed by atoms with Gasteiger partial charge in [-0.25, -0.2) is 0 Å². The molecule has 1 fully saturated rings. The summed E-state index contributed by atoms with van der Waals surface area (Å²) in [4.78, 5) is 14.7. The summed E-state index contributed by atoms with van der Waals surface area (Å²) in [6.07, 6.45) is 6.33. The monoisotopic (exact) mass is 326 g/mol. The fourth-order valence-electron chi connectivity index (χ4n) is 3.45. The number of likely N-dealkylation sites (tertiary alicyclic amines) is 1. The van der Waals surface area contributed by atoms with Gasteiger partial charge in [-0.1, -0.05) is 30.3 Å². The summed E-state index contributed by atoms with van der Waals surface area (Å²) < 4.78 is 1.72. The molecule has 0 radical (unpaired) electrons. The molecule has 0 spiro atoms. The first-order chi connectivity index (χ1) is 11.5. The van der Waals surface area contributed by atoms with Crippen molar-refractivity contribution in [3.05, 3.63) is 53.9 Å². The molecule has 0 saturated carbocycles. The van der Waals surface area contributed by atoms with Crippen molar-refractivity contribution in [1.82, 2.24) is 20.0 Å². The van der Waals surface area contributed by atoms with Gasteiger partial charge < -0.3 is 5.32 Å². The molecule has 128 valence electrons. The third-order valence-electron chi connectivity index (χ3n) is 4.91. The smallest absolute Gasteiger partial charge is 0.224 e. The van der Waals surface area contributed by atoms with Gasteiger partial charge in [0.1, 0.15) is 0 Å². The lowest BCUT2D eigenvalue weighted by Crippen LogP contribution is -2.49. The van der Waals surface area contributed by atoms with Gasteiger partial charge in [-0.3, -0.25) is 14.4 Å². The van der Waals surface area contributed by atoms with Crippen molar-refractivity contribution in [1.29, 1.82) is 0 Å². The maximum Gasteiger partial charge on any atom is 0.224 e. The minimum atomic E-state index is 0.0282. The molecule has 1 amide bonds. The Bertz CT molecular complexity index is 682. The Hall–Kier alpha value is -2.14. The number of aromatic nitrogens is 2. The lowest BCUT2D eigenvalue weighted by atomic mass is 9.98. The molecule has 0 aliphatic carbocycles. The van der Waals surface area contributed by atoms with Gasteiger partial charge in [0, 0.05) is 31.9 Å². The number of rotatable bonds is 6. The molecule has 5 heteroatoms. The summed E-state index contributed by atoms with van der Waals surface area (Å²) in [5.41, 5.74) is 2.31. The molecule has 0 bridgehead atoms. The summed E-state index contributed by atoms with van der Waals surface area (Å²) in [5, 5.41) is 7.23. The number of carbonyl (C=O) groups is 1. The first kappa shape index (κ1) is 16.7. The fraction of sp³-hybridized carbons (Fsp3) is 0.474. The third kappa shape index (κ3) is 4.03. The maximum atomic E-state index is 12.2. The highest BCUT2D eigenvalue weighted by Crippen LogP contribution is 2.30. The van der Waals surface area contributed by atoms with E-state index < -0.39 is 0 Å². The third-order valence-corrected chi connectivity index (χ3v) is 4.91. The van der Waals surface area contributed by atoms with E-state index in [2.05, 4.69) is 46.5 Å². The number of amides is 1. The van der Waals surface area contributed by atoms with Crippen LogP contribution in [-0.4, -0.2) is 39.2 Å². The van der Waals surface area contributed by atoms with Gasteiger partial charge >= 0.3 is 0 Å². The van der Waals surface area contributed by atoms with E-state index in [0.717, 1.165) is 25.1 Å². The Morgan fingerprint density at radius 3 is 2.79 bits per heavy atom. The minimum Gasteiger partial charge on any atom is -0.354 e. The van der Waals surface area contributed by atoms with E-state index in [9.17, 15) is 4.79 Å². The van der Waals surface area contributed by atoms with Crippen molar-refractivity contribution in [2.45, 2.75) is 38.3 Å². The summed E-state index contributed by atoms with van der Waals surface area (Å²) in [6.45, 7) is 4.98. The zero-order valence-electron chi connectivity index (χ0n) is 14.5. The molecule has 1 aromatic heterocycles. The van der Waals surface area contributed by atoms with Crippen LogP contribution in [0.2, 0.25) is 0 Å². The number of aryl methyl sites for hydroxylation is 1. The van der Waals surface area contributed by atoms with E-state index in [1.807, 2.05) is 19.3 Å². The molecule has 24 heavy (non-hydrogen) atoms. The quantitative estimate of drug-likeness (QED) is 0.885. The zero-order chi connectivity index (χ0) is 17.0. The van der Waals surface area contributed by atoms with E-state index in [-0.39, 0.29) is 11.4 Å². The van der Waals surface area contributed by atoms with E-state index in [4.69, 9.17) is 0 Å². The SMILES string of the molecule is Cn1cc(CC(=O)NC[C@@]2(C)CCCN2Cc2ccccc2)cn1. The first-order valence-electron chi connectivity index (χ1n) is 8.58. The second kappa shape index (κ2) is 7.18. The Balaban J connectivity index is 1.55. The number of carbonyl (C=O) groups excluding carboxylic acids is 1. The van der Waals surface area contributed by atoms with Crippen molar-refractivity contribution in [3.8, 4) is 0 Å². The molecular weight excluding hydrogens is 300 g/mol. The summed E-state index contributed by atoms with van der Waals surface area (Å²) in [6, 6.07) is 10.5. The van der Waals surface area contributed by atoms with Crippen LogP contribution < -0.4 is 5.32 Å². The first-order valence-corrected chi connectivity index (χ1v) is 8.58. The van der Waals surface area contributed by atoms with Gasteiger partial charge in [-0.2, -0.15) is 5.10 Å². The lowest BCUT2D eigenvalue weighted by molar-refractivity contribution is -0.121. The maximum absolute atomic E-state index is 12.2. The van der Waals surface area contributed by atoms with Crippen molar-refractivity contribution >= 4 is 5.91 Å². The van der Waals surface area contributed by atoms with Crippen LogP contribution in [0.4, 0.5) is 0 Å². The molecule has 1 aromatic carbocycles. The van der Waals surface area contributed by atoms with Crippen molar-refractivity contribution in [2.75, 3.05) is 13.1 Å². The highest BCUT2D eigenvalue weighted by Gasteiger charge is 2.36. The molecule has 1 saturated heterocycles. The van der Waals surface area contributed by atoms with Crippen LogP contribution in [0.5, 0.6) is 0 Å². The predicted octanol–water partition coefficient (Wildman–Crippen LogP) is 2.13. The molecule has 5 nitrogen and oxygen atoms in total. The average Bonchev–Trinajstić information content (AvgIpc) is 3.13. The molecule has 1 aliphatic heterocycles. The highest BCUT2D eigenvalue weighted by atomic mass is 16.1. The van der Waals surface area contributed by atoms with Crippen LogP contribution in [0, 0.1) is 0 Å². The number of nitrogens with zero attached hydrogens (tertiary/aromatic N) is 3. The van der Waals surface area contributed by atoms with Gasteiger partial charge in [-0.15, -0.1) is 0 Å². The van der Waals surface area contributed by atoms with Crippen LogP contribution in [-0.2, 0) is 24.8 Å². The van der Waals surface area contributed by atoms with Crippen LogP contribution in [0.3, 0.4) is 0 Å². The molecule has 3 rings (SSSR count). The number of hydrogen-bond donors (Lipinski definition) is 1. The molecule has 1 N–H and O–H groups in total. The second-order valence-electron chi connectivity index (χ2n) is 6.98. The summed E-state index contributed by atoms with van der Waals surface area (Å²) in [5.74, 6) is 0.0655. The lowest BCUT2D eigenvalue weighted by Gasteiger charge is -2.35. The Labute approximate surface area is 143 Å². The molecular formula is C19H26N4O.